The summed E-state index contributed by atoms with van der Waals surface area (Å²) < 4.78 is 14.6. The average Bonchev–Trinajstić information content (AvgIpc) is 3.48. The van der Waals surface area contributed by atoms with Crippen molar-refractivity contribution in [2.45, 2.75) is 19.9 Å². The minimum Gasteiger partial charge on any atom is -0.463 e. The Balaban J connectivity index is 1.62. The van der Waals surface area contributed by atoms with Crippen LogP contribution < -0.4 is 19.8 Å². The van der Waals surface area contributed by atoms with E-state index in [1.165, 1.54) is 11.3 Å². The molecule has 9 heteroatoms. The van der Waals surface area contributed by atoms with E-state index in [0.717, 1.165) is 26.1 Å². The van der Waals surface area contributed by atoms with Crippen LogP contribution in [-0.2, 0) is 9.53 Å². The number of allylic oxidation sites excluding steroid dienone is 1. The van der Waals surface area contributed by atoms with Gasteiger partial charge in [0.1, 0.15) is 11.5 Å². The first-order valence-corrected chi connectivity index (χ1v) is 14.0. The van der Waals surface area contributed by atoms with Gasteiger partial charge in [0.25, 0.3) is 5.56 Å². The van der Waals surface area contributed by atoms with E-state index >= 15 is 0 Å². The Morgan fingerprint density at radius 1 is 1.13 bits per heavy atom. The first-order chi connectivity index (χ1) is 18.3. The van der Waals surface area contributed by atoms with Crippen LogP contribution in [0.4, 0.5) is 5.69 Å². The van der Waals surface area contributed by atoms with E-state index in [1.54, 1.807) is 24.5 Å². The lowest BCUT2D eigenvalue weighted by Crippen LogP contribution is -2.39. The lowest BCUT2D eigenvalue weighted by atomic mass is 9.95. The molecule has 7 nitrogen and oxygen atoms in total. The van der Waals surface area contributed by atoms with Gasteiger partial charge >= 0.3 is 5.97 Å². The molecular formula is C29H26IN3O4S. The van der Waals surface area contributed by atoms with Crippen molar-refractivity contribution in [1.29, 1.82) is 0 Å². The van der Waals surface area contributed by atoms with Gasteiger partial charge in [0.15, 0.2) is 4.80 Å². The van der Waals surface area contributed by atoms with Crippen molar-refractivity contribution in [2.24, 2.45) is 4.99 Å². The molecule has 3 heterocycles. The highest BCUT2D eigenvalue weighted by molar-refractivity contribution is 14.1. The van der Waals surface area contributed by atoms with Gasteiger partial charge in [0.2, 0.25) is 0 Å². The number of furan rings is 1. The molecular weight excluding hydrogens is 613 g/mol. The van der Waals surface area contributed by atoms with Crippen molar-refractivity contribution >= 4 is 51.7 Å². The molecule has 1 aliphatic heterocycles. The fourth-order valence-corrected chi connectivity index (χ4v) is 5.78. The normalized spacial score (nSPS) is 15.3. The van der Waals surface area contributed by atoms with Crippen LogP contribution in [0.1, 0.15) is 31.2 Å². The summed E-state index contributed by atoms with van der Waals surface area (Å²) in [6.45, 7) is 3.77. The van der Waals surface area contributed by atoms with Crippen LogP contribution in [0.3, 0.4) is 0 Å². The standard InChI is InChI=1S/C29H26IN3O4S/c1-5-36-28(35)25-17(2)31-29-33(26(25)19-8-12-21(13-9-19)32(3)4)27(34)24(38-29)16-22-14-15-23(37-22)18-6-10-20(30)11-7-18/h6-16,26H,5H2,1-4H3/b24-16-/t26-/m0/s1. The molecule has 5 rings (SSSR count). The average molecular weight is 640 g/mol. The van der Waals surface area contributed by atoms with Crippen molar-refractivity contribution in [1.82, 2.24) is 4.57 Å². The first kappa shape index (κ1) is 26.2. The summed E-state index contributed by atoms with van der Waals surface area (Å²) in [4.78, 5) is 34.0. The predicted molar refractivity (Wildman–Crippen MR) is 158 cm³/mol. The van der Waals surface area contributed by atoms with Crippen LogP contribution in [0.15, 0.2) is 86.1 Å². The SMILES string of the molecule is CCOC(=O)C1=C(C)N=c2s/c(=C\c3ccc(-c4ccc(I)cc4)o3)c(=O)n2[C@H]1c1ccc(N(C)C)cc1. The number of hydrogen-bond acceptors (Lipinski definition) is 7. The third-order valence-electron chi connectivity index (χ3n) is 6.27. The molecule has 1 atom stereocenters. The molecule has 0 radical (unpaired) electrons. The van der Waals surface area contributed by atoms with Crippen LogP contribution >= 0.6 is 33.9 Å². The Kier molecular flexibility index (Phi) is 7.40. The fraction of sp³-hybridized carbons (Fsp3) is 0.207. The smallest absolute Gasteiger partial charge is 0.338 e. The molecule has 0 aliphatic carbocycles. The van der Waals surface area contributed by atoms with E-state index in [0.29, 0.717) is 26.4 Å². The lowest BCUT2D eigenvalue weighted by molar-refractivity contribution is -0.139. The number of benzene rings is 2. The third kappa shape index (κ3) is 5.00. The number of hydrogen-bond donors (Lipinski definition) is 0. The number of nitrogens with zero attached hydrogens (tertiary/aromatic N) is 3. The molecule has 0 unspecified atom stereocenters. The monoisotopic (exact) mass is 639 g/mol. The van der Waals surface area contributed by atoms with E-state index in [-0.39, 0.29) is 12.2 Å². The summed E-state index contributed by atoms with van der Waals surface area (Å²) in [5.74, 6) is 0.815. The van der Waals surface area contributed by atoms with E-state index in [4.69, 9.17) is 9.15 Å². The number of carbonyl (C=O) groups excluding carboxylic acids is 1. The number of fused-ring (bicyclic) bond motifs is 1. The maximum atomic E-state index is 13.8. The number of halogens is 1. The lowest BCUT2D eigenvalue weighted by Gasteiger charge is -2.25. The second kappa shape index (κ2) is 10.7. The minimum absolute atomic E-state index is 0.230. The number of thiazole rings is 1. The quantitative estimate of drug-likeness (QED) is 0.225. The van der Waals surface area contributed by atoms with Gasteiger partial charge in [-0.3, -0.25) is 9.36 Å². The van der Waals surface area contributed by atoms with Crippen LogP contribution in [0.2, 0.25) is 0 Å². The number of anilines is 1. The van der Waals surface area contributed by atoms with E-state index in [9.17, 15) is 9.59 Å². The Morgan fingerprint density at radius 2 is 1.84 bits per heavy atom. The largest absolute Gasteiger partial charge is 0.463 e. The summed E-state index contributed by atoms with van der Waals surface area (Å²) in [6.07, 6.45) is 1.73. The van der Waals surface area contributed by atoms with Gasteiger partial charge in [-0.15, -0.1) is 0 Å². The molecule has 0 bridgehead atoms. The number of esters is 1. The number of aromatic nitrogens is 1. The Morgan fingerprint density at radius 3 is 2.50 bits per heavy atom. The molecule has 0 amide bonds. The summed E-state index contributed by atoms with van der Waals surface area (Å²) in [6, 6.07) is 18.9. The fourth-order valence-electron chi connectivity index (χ4n) is 4.39. The van der Waals surface area contributed by atoms with Crippen molar-refractivity contribution in [3.63, 3.8) is 0 Å². The third-order valence-corrected chi connectivity index (χ3v) is 7.97. The van der Waals surface area contributed by atoms with Crippen LogP contribution in [0.5, 0.6) is 0 Å². The van der Waals surface area contributed by atoms with Gasteiger partial charge in [-0.2, -0.15) is 0 Å². The van der Waals surface area contributed by atoms with Gasteiger partial charge in [-0.25, -0.2) is 9.79 Å². The number of carbonyl (C=O) groups is 1. The molecule has 2 aromatic carbocycles. The molecule has 0 N–H and O–H groups in total. The van der Waals surface area contributed by atoms with Gasteiger partial charge in [0, 0.05) is 35.0 Å². The molecule has 0 saturated heterocycles. The van der Waals surface area contributed by atoms with Crippen LogP contribution in [-0.4, -0.2) is 31.2 Å². The molecule has 1 aliphatic rings. The maximum absolute atomic E-state index is 13.8. The van der Waals surface area contributed by atoms with E-state index in [1.807, 2.05) is 79.7 Å². The number of rotatable bonds is 6. The zero-order valence-electron chi connectivity index (χ0n) is 21.4. The van der Waals surface area contributed by atoms with E-state index in [2.05, 4.69) is 27.6 Å². The highest BCUT2D eigenvalue weighted by Crippen LogP contribution is 2.31. The van der Waals surface area contributed by atoms with Crippen LogP contribution in [0.25, 0.3) is 17.4 Å². The summed E-state index contributed by atoms with van der Waals surface area (Å²) >= 11 is 3.54. The first-order valence-electron chi connectivity index (χ1n) is 12.1. The van der Waals surface area contributed by atoms with E-state index < -0.39 is 12.0 Å². The summed E-state index contributed by atoms with van der Waals surface area (Å²) in [7, 11) is 3.93. The second-order valence-corrected chi connectivity index (χ2v) is 11.3. The topological polar surface area (TPSA) is 77.0 Å². The molecule has 4 aromatic rings. The number of ether oxygens (including phenoxy) is 1. The summed E-state index contributed by atoms with van der Waals surface area (Å²) in [5, 5.41) is 0. The van der Waals surface area contributed by atoms with Crippen molar-refractivity contribution in [3.05, 3.63) is 107 Å². The van der Waals surface area contributed by atoms with Crippen molar-refractivity contribution in [2.75, 3.05) is 25.6 Å². The highest BCUT2D eigenvalue weighted by atomic mass is 127. The molecule has 38 heavy (non-hydrogen) atoms. The predicted octanol–water partition coefficient (Wildman–Crippen LogP) is 4.73. The van der Waals surface area contributed by atoms with Crippen molar-refractivity contribution in [3.8, 4) is 11.3 Å². The van der Waals surface area contributed by atoms with Gasteiger partial charge in [-0.1, -0.05) is 35.6 Å². The Bertz CT molecular complexity index is 1710. The minimum atomic E-state index is -0.650. The van der Waals surface area contributed by atoms with Gasteiger partial charge in [0.05, 0.1) is 28.5 Å². The zero-order chi connectivity index (χ0) is 27.0. The second-order valence-electron chi connectivity index (χ2n) is 9.00. The highest BCUT2D eigenvalue weighted by Gasteiger charge is 2.33. The van der Waals surface area contributed by atoms with Crippen molar-refractivity contribution < 1.29 is 13.9 Å². The van der Waals surface area contributed by atoms with Gasteiger partial charge in [-0.05, 0) is 78.4 Å². The Labute approximate surface area is 237 Å². The Hall–Kier alpha value is -3.44. The van der Waals surface area contributed by atoms with Crippen LogP contribution in [0, 0.1) is 3.57 Å². The van der Waals surface area contributed by atoms with Gasteiger partial charge < -0.3 is 14.1 Å². The zero-order valence-corrected chi connectivity index (χ0v) is 24.4. The molecule has 0 saturated carbocycles. The molecule has 0 spiro atoms. The molecule has 0 fully saturated rings. The maximum Gasteiger partial charge on any atom is 0.338 e. The summed E-state index contributed by atoms with van der Waals surface area (Å²) in [5.41, 5.74) is 3.44. The molecule has 2 aromatic heterocycles. The molecule has 194 valence electrons.